The molecule has 12 heteroatoms. The van der Waals surface area contributed by atoms with Crippen molar-refractivity contribution < 1.29 is 0 Å². The summed E-state index contributed by atoms with van der Waals surface area (Å²) in [6, 6.07) is 121. The van der Waals surface area contributed by atoms with Crippen LogP contribution in [0.4, 0.5) is 0 Å². The molecule has 17 aromatic carbocycles. The van der Waals surface area contributed by atoms with Gasteiger partial charge in [-0.15, -0.1) is 34.0 Å². The van der Waals surface area contributed by atoms with Crippen LogP contribution in [0.2, 0.25) is 0 Å². The number of hydrogen-bond donors (Lipinski definition) is 0. The number of nitrogens with zero attached hydrogens (tertiary/aromatic N) is 9. The van der Waals surface area contributed by atoms with Gasteiger partial charge in [0, 0.05) is 110 Å². The standard InChI is InChI=1S/C41H25N3S.C36H19N3S.C32H17N3S/c1-41(2)31-11-5-3-9-24(31)28-19-22(15-18-32(28)41)23-20-29-26-16-17-27-25-10-4-8-14-35(25)45-39(27)38(26)44-37(29)30(21-23)36-40(44)43-34-13-7-6-12-33(34)42-36;1-2-10-22-20(8-1)9-7-12-23(22)21-16-27-25-18-26-24-11-3-6-15-32(24)40-33(26)19-31(25)39-35(27)28(17-21)34-36(39)38-30-14-5-4-13-29(30)37-34;1-2-8-18(9-3-1)19-14-23-21-16-22-20-10-4-7-13-28(20)36-29(22)17-27(21)35-31(23)24(15-19)30-32(35)34-26-12-6-5-11-25(26)33-30/h3-21H,1-2H3;1-19H;1-17H. The summed E-state index contributed by atoms with van der Waals surface area (Å²) in [5, 5.41) is 21.4. The SMILES string of the molecule is CC1(C)c2ccccc2-c2cc(-c3cc4c5ccc6c7ccccc7sc6c5n5c6nc7ccccc7nc6c(c3)c45)ccc21.c1ccc(-c2cc3c4cc5c(cc4n4c6nc7ccccc7nc6c(c2)c34)sc2ccccc25)cc1.c1ccc2c(-c3cc4c5cc6c(cc5n5c7nc8ccccc8nc7c(c3)c45)sc3ccccc36)cccc2c1. The average molecular weight is 1590 g/mol. The molecule has 0 radical (unpaired) electrons. The maximum Gasteiger partial charge on any atom is 0.165 e. The van der Waals surface area contributed by atoms with E-state index in [0.29, 0.717) is 0 Å². The van der Waals surface area contributed by atoms with Crippen molar-refractivity contribution in [2.45, 2.75) is 19.3 Å². The first-order valence-corrected chi connectivity index (χ1v) is 43.6. The Hall–Kier alpha value is -14.9. The van der Waals surface area contributed by atoms with Gasteiger partial charge in [0.15, 0.2) is 16.9 Å². The molecule has 0 atom stereocenters. The Bertz CT molecular complexity index is 9610. The Morgan fingerprint density at radius 1 is 0.223 bits per heavy atom. The van der Waals surface area contributed by atoms with Crippen LogP contribution in [0.15, 0.2) is 334 Å². The summed E-state index contributed by atoms with van der Waals surface area (Å²) >= 11 is 5.59. The minimum absolute atomic E-state index is 0.0128. The lowest BCUT2D eigenvalue weighted by Crippen LogP contribution is -2.14. The van der Waals surface area contributed by atoms with Crippen molar-refractivity contribution in [1.29, 1.82) is 0 Å². The fourth-order valence-corrected chi connectivity index (χ4v) is 24.3. The summed E-state index contributed by atoms with van der Waals surface area (Å²) in [7, 11) is 0. The van der Waals surface area contributed by atoms with E-state index in [-0.39, 0.29) is 5.41 Å². The van der Waals surface area contributed by atoms with E-state index >= 15 is 0 Å². The molecular weight excluding hydrogens is 1530 g/mol. The Balaban J connectivity index is 0.0000000942. The maximum absolute atomic E-state index is 5.27. The Morgan fingerprint density at radius 3 is 1.22 bits per heavy atom. The van der Waals surface area contributed by atoms with Crippen molar-refractivity contribution in [2.24, 2.45) is 0 Å². The van der Waals surface area contributed by atoms with Gasteiger partial charge in [0.2, 0.25) is 0 Å². The van der Waals surface area contributed by atoms with Gasteiger partial charge in [-0.25, -0.2) is 29.9 Å². The molecule has 9 nitrogen and oxygen atoms in total. The maximum atomic E-state index is 5.27. The van der Waals surface area contributed by atoms with E-state index in [2.05, 4.69) is 312 Å². The monoisotopic (exact) mass is 1590 g/mol. The number of rotatable bonds is 3. The highest BCUT2D eigenvalue weighted by Crippen LogP contribution is 2.54. The number of fused-ring (bicyclic) bond motifs is 35. The van der Waals surface area contributed by atoms with Gasteiger partial charge in [-0.3, -0.25) is 13.2 Å². The first-order valence-electron chi connectivity index (χ1n) is 41.1. The molecule has 121 heavy (non-hydrogen) atoms. The molecule has 0 spiro atoms. The molecule has 0 saturated carbocycles. The van der Waals surface area contributed by atoms with E-state index in [0.717, 1.165) is 82.8 Å². The lowest BCUT2D eigenvalue weighted by atomic mass is 9.82. The highest BCUT2D eigenvalue weighted by Gasteiger charge is 2.36. The van der Waals surface area contributed by atoms with Gasteiger partial charge in [0.1, 0.15) is 16.6 Å². The summed E-state index contributed by atoms with van der Waals surface area (Å²) in [4.78, 5) is 31.2. The lowest BCUT2D eigenvalue weighted by molar-refractivity contribution is 0.660. The second-order valence-corrected chi connectivity index (χ2v) is 36.3. The molecule has 1 aliphatic rings. The van der Waals surface area contributed by atoms with Crippen LogP contribution in [0, 0.1) is 0 Å². The highest BCUT2D eigenvalue weighted by molar-refractivity contribution is 7.27. The van der Waals surface area contributed by atoms with Crippen LogP contribution in [0.3, 0.4) is 0 Å². The van der Waals surface area contributed by atoms with Crippen molar-refractivity contribution >= 4 is 253 Å². The fraction of sp³-hybridized carbons (Fsp3) is 0.0275. The second kappa shape index (κ2) is 24.2. The van der Waals surface area contributed by atoms with Gasteiger partial charge in [-0.2, -0.15) is 0 Å². The molecule has 0 fully saturated rings. The highest BCUT2D eigenvalue weighted by atomic mass is 32.1. The predicted octanol–water partition coefficient (Wildman–Crippen LogP) is 29.9. The molecule has 560 valence electrons. The number of hydrogen-bond acceptors (Lipinski definition) is 9. The smallest absolute Gasteiger partial charge is 0.165 e. The number of benzene rings is 17. The summed E-state index contributed by atoms with van der Waals surface area (Å²) in [6.07, 6.45) is 0. The van der Waals surface area contributed by atoms with Crippen LogP contribution < -0.4 is 0 Å². The van der Waals surface area contributed by atoms with Crippen molar-refractivity contribution in [3.63, 3.8) is 0 Å². The summed E-state index contributed by atoms with van der Waals surface area (Å²) < 4.78 is 14.9. The Kier molecular flexibility index (Phi) is 13.2. The third kappa shape index (κ3) is 9.16. The molecule has 12 aromatic heterocycles. The molecule has 1 aliphatic carbocycles. The normalized spacial score (nSPS) is 13.1. The minimum Gasteiger partial charge on any atom is -0.291 e. The third-order valence-corrected chi connectivity index (χ3v) is 29.7. The van der Waals surface area contributed by atoms with E-state index in [1.165, 1.54) is 192 Å². The molecule has 0 saturated heterocycles. The number of aromatic nitrogens is 9. The minimum atomic E-state index is -0.0128. The largest absolute Gasteiger partial charge is 0.291 e. The summed E-state index contributed by atoms with van der Waals surface area (Å²) in [6.45, 7) is 4.68. The molecule has 0 unspecified atom stereocenters. The predicted molar refractivity (Wildman–Crippen MR) is 513 cm³/mol. The molecule has 29 aromatic rings. The molecule has 0 bridgehead atoms. The first kappa shape index (κ1) is 66.1. The van der Waals surface area contributed by atoms with Crippen LogP contribution in [0.1, 0.15) is 25.0 Å². The van der Waals surface area contributed by atoms with E-state index in [1.807, 2.05) is 82.5 Å². The molecule has 12 heterocycles. The topological polar surface area (TPSA) is 90.6 Å². The second-order valence-electron chi connectivity index (χ2n) is 33.1. The van der Waals surface area contributed by atoms with E-state index in [9.17, 15) is 0 Å². The Morgan fingerprint density at radius 2 is 0.636 bits per heavy atom. The third-order valence-electron chi connectivity index (χ3n) is 26.3. The van der Waals surface area contributed by atoms with Crippen molar-refractivity contribution in [3.8, 4) is 44.5 Å². The van der Waals surface area contributed by atoms with Crippen molar-refractivity contribution in [1.82, 2.24) is 43.1 Å². The van der Waals surface area contributed by atoms with Gasteiger partial charge < -0.3 is 0 Å². The first-order chi connectivity index (χ1) is 59.7. The van der Waals surface area contributed by atoms with Crippen LogP contribution in [0.25, 0.3) is 264 Å². The lowest BCUT2D eigenvalue weighted by Gasteiger charge is -2.21. The molecule has 0 aliphatic heterocycles. The summed E-state index contributed by atoms with van der Waals surface area (Å²) in [5.74, 6) is 0. The van der Waals surface area contributed by atoms with Gasteiger partial charge in [-0.05, 0) is 188 Å². The van der Waals surface area contributed by atoms with Gasteiger partial charge >= 0.3 is 0 Å². The van der Waals surface area contributed by atoms with Crippen LogP contribution in [0.5, 0.6) is 0 Å². The number of thiophene rings is 3. The average Bonchev–Trinajstić information content (AvgIpc) is 1.53. The quantitative estimate of drug-likeness (QED) is 0.175. The van der Waals surface area contributed by atoms with Gasteiger partial charge in [0.25, 0.3) is 0 Å². The van der Waals surface area contributed by atoms with Crippen LogP contribution in [-0.4, -0.2) is 43.1 Å². The molecule has 0 N–H and O–H groups in total. The van der Waals surface area contributed by atoms with Gasteiger partial charge in [0.05, 0.1) is 70.9 Å². The zero-order valence-electron chi connectivity index (χ0n) is 65.0. The van der Waals surface area contributed by atoms with Crippen LogP contribution >= 0.6 is 34.0 Å². The van der Waals surface area contributed by atoms with Gasteiger partial charge in [-0.1, -0.05) is 226 Å². The van der Waals surface area contributed by atoms with E-state index in [4.69, 9.17) is 29.9 Å². The molecule has 30 rings (SSSR count). The summed E-state index contributed by atoms with van der Waals surface area (Å²) in [5.41, 5.74) is 31.2. The van der Waals surface area contributed by atoms with Crippen LogP contribution in [-0.2, 0) is 5.41 Å². The zero-order chi connectivity index (χ0) is 78.9. The van der Waals surface area contributed by atoms with Crippen molar-refractivity contribution in [3.05, 3.63) is 345 Å². The Labute approximate surface area is 699 Å². The van der Waals surface area contributed by atoms with E-state index in [1.54, 1.807) is 0 Å². The van der Waals surface area contributed by atoms with Crippen molar-refractivity contribution in [2.75, 3.05) is 0 Å². The molecular formula is C109H61N9S3. The zero-order valence-corrected chi connectivity index (χ0v) is 67.5. The number of para-hydroxylation sites is 6. The molecule has 0 amide bonds. The fourth-order valence-electron chi connectivity index (χ4n) is 20.8. The van der Waals surface area contributed by atoms with E-state index < -0.39 is 0 Å².